The smallest absolute Gasteiger partial charge is 0.239 e. The van der Waals surface area contributed by atoms with Crippen LogP contribution in [0.25, 0.3) is 0 Å². The van der Waals surface area contributed by atoms with Crippen molar-refractivity contribution in [3.8, 4) is 0 Å². The maximum absolute atomic E-state index is 12.2. The van der Waals surface area contributed by atoms with Gasteiger partial charge in [0.25, 0.3) is 0 Å². The summed E-state index contributed by atoms with van der Waals surface area (Å²) >= 11 is 0. The molecule has 10 nitrogen and oxygen atoms in total. The van der Waals surface area contributed by atoms with Gasteiger partial charge in [-0.05, 0) is 52.3 Å². The molecule has 0 saturated carbocycles. The largest absolute Gasteiger partial charge is 0.512 e. The molecule has 1 aromatic carbocycles. The number of carbonyl (C=O) groups is 1. The standard InChI is InChI=1S/C25H40N6O4/c1-16(2)27-25(28-17(3)4)30-11-9-29(10-12-30)20-8-6-7-19(13-20)14-31-23(24(26)34)22(18(5)33)21(15-32)35-31/h6-8,13,15-18,22-23,32-33H,9-12,14H2,1-5H3,(H2,26,34)(H,27,28)/b21-15+/t18-,22+,23-/m0/s1. The number of guanidine groups is 1. The second-order valence-electron chi connectivity index (χ2n) is 9.80. The first-order valence-electron chi connectivity index (χ1n) is 12.3. The maximum atomic E-state index is 12.2. The molecule has 0 bridgehead atoms. The zero-order chi connectivity index (χ0) is 25.7. The minimum atomic E-state index is -0.909. The van der Waals surface area contributed by atoms with Gasteiger partial charge in [-0.2, -0.15) is 0 Å². The van der Waals surface area contributed by atoms with E-state index in [1.165, 1.54) is 5.06 Å². The Hall–Kier alpha value is -2.98. The topological polar surface area (TPSA) is 127 Å². The number of amides is 1. The number of anilines is 1. The number of rotatable bonds is 7. The first-order chi connectivity index (χ1) is 16.6. The van der Waals surface area contributed by atoms with E-state index in [-0.39, 0.29) is 18.3 Å². The van der Waals surface area contributed by atoms with Crippen molar-refractivity contribution in [1.29, 1.82) is 0 Å². The van der Waals surface area contributed by atoms with Crippen molar-refractivity contribution in [1.82, 2.24) is 15.3 Å². The SMILES string of the molecule is CC(C)N=C(NC(C)C)N1CCN(c2cccc(CN3O/C(=C/O)[C@@H]([C@H](C)O)[C@H]3C(N)=O)c2)CC1. The van der Waals surface area contributed by atoms with Gasteiger partial charge >= 0.3 is 0 Å². The predicted octanol–water partition coefficient (Wildman–Crippen LogP) is 1.57. The van der Waals surface area contributed by atoms with Crippen LogP contribution in [0.3, 0.4) is 0 Å². The number of piperazine rings is 1. The number of nitrogens with zero attached hydrogens (tertiary/aromatic N) is 4. The number of hydrogen-bond donors (Lipinski definition) is 4. The highest BCUT2D eigenvalue weighted by molar-refractivity contribution is 5.81. The molecule has 2 saturated heterocycles. The molecule has 0 spiro atoms. The Balaban J connectivity index is 1.70. The van der Waals surface area contributed by atoms with Crippen LogP contribution in [0.15, 0.2) is 41.3 Å². The number of hydroxylamine groups is 2. The Morgan fingerprint density at radius 3 is 2.46 bits per heavy atom. The van der Waals surface area contributed by atoms with Crippen molar-refractivity contribution < 1.29 is 19.8 Å². The van der Waals surface area contributed by atoms with Crippen LogP contribution >= 0.6 is 0 Å². The van der Waals surface area contributed by atoms with E-state index in [1.54, 1.807) is 6.92 Å². The number of aliphatic hydroxyl groups is 2. The molecule has 10 heteroatoms. The molecule has 0 unspecified atom stereocenters. The number of aliphatic hydroxyl groups excluding tert-OH is 2. The summed E-state index contributed by atoms with van der Waals surface area (Å²) in [7, 11) is 0. The van der Waals surface area contributed by atoms with Crippen LogP contribution in [0.1, 0.15) is 40.2 Å². The third-order valence-corrected chi connectivity index (χ3v) is 6.13. The van der Waals surface area contributed by atoms with Crippen LogP contribution in [0, 0.1) is 5.92 Å². The van der Waals surface area contributed by atoms with Gasteiger partial charge in [-0.15, -0.1) is 5.06 Å². The van der Waals surface area contributed by atoms with E-state index in [0.29, 0.717) is 6.04 Å². The molecule has 3 atom stereocenters. The zero-order valence-electron chi connectivity index (χ0n) is 21.4. The summed E-state index contributed by atoms with van der Waals surface area (Å²) in [6.45, 7) is 13.7. The second kappa shape index (κ2) is 11.6. The summed E-state index contributed by atoms with van der Waals surface area (Å²) in [4.78, 5) is 27.3. The van der Waals surface area contributed by atoms with E-state index in [9.17, 15) is 15.0 Å². The van der Waals surface area contributed by atoms with Crippen LogP contribution in [0.2, 0.25) is 0 Å². The summed E-state index contributed by atoms with van der Waals surface area (Å²) in [5, 5.41) is 24.6. The van der Waals surface area contributed by atoms with Gasteiger partial charge in [0.2, 0.25) is 5.91 Å². The fourth-order valence-electron chi connectivity index (χ4n) is 4.57. The lowest BCUT2D eigenvalue weighted by molar-refractivity contribution is -0.146. The van der Waals surface area contributed by atoms with Gasteiger partial charge in [-0.25, -0.2) is 0 Å². The zero-order valence-corrected chi connectivity index (χ0v) is 21.4. The van der Waals surface area contributed by atoms with Gasteiger partial charge in [-0.3, -0.25) is 9.79 Å². The highest BCUT2D eigenvalue weighted by Crippen LogP contribution is 2.34. The highest BCUT2D eigenvalue weighted by atomic mass is 16.7. The van der Waals surface area contributed by atoms with Gasteiger partial charge in [-0.1, -0.05) is 12.1 Å². The first-order valence-corrected chi connectivity index (χ1v) is 12.3. The molecule has 35 heavy (non-hydrogen) atoms. The van der Waals surface area contributed by atoms with Crippen LogP contribution in [0.5, 0.6) is 0 Å². The van der Waals surface area contributed by atoms with E-state index in [2.05, 4.69) is 54.9 Å². The summed E-state index contributed by atoms with van der Waals surface area (Å²) in [6, 6.07) is 7.74. The molecule has 0 aliphatic carbocycles. The summed E-state index contributed by atoms with van der Waals surface area (Å²) in [6.07, 6.45) is -0.123. The van der Waals surface area contributed by atoms with Crippen LogP contribution in [-0.2, 0) is 16.2 Å². The molecule has 2 aliphatic heterocycles. The van der Waals surface area contributed by atoms with Crippen LogP contribution < -0.4 is 16.0 Å². The van der Waals surface area contributed by atoms with Crippen molar-refractivity contribution >= 4 is 17.6 Å². The third-order valence-electron chi connectivity index (χ3n) is 6.13. The first kappa shape index (κ1) is 26.6. The molecule has 3 rings (SSSR count). The quantitative estimate of drug-likeness (QED) is 0.259. The van der Waals surface area contributed by atoms with Gasteiger partial charge in [0.05, 0.1) is 18.6 Å². The molecule has 2 aliphatic rings. The number of nitrogens with one attached hydrogen (secondary N) is 1. The fourth-order valence-corrected chi connectivity index (χ4v) is 4.57. The summed E-state index contributed by atoms with van der Waals surface area (Å²) < 4.78 is 0. The number of carbonyl (C=O) groups excluding carboxylic acids is 1. The van der Waals surface area contributed by atoms with E-state index in [0.717, 1.165) is 49.7 Å². The maximum Gasteiger partial charge on any atom is 0.239 e. The Kier molecular flexibility index (Phi) is 8.85. The molecule has 2 fully saturated rings. The third kappa shape index (κ3) is 6.58. The summed E-state index contributed by atoms with van der Waals surface area (Å²) in [5.41, 5.74) is 7.64. The van der Waals surface area contributed by atoms with Crippen molar-refractivity contribution in [2.75, 3.05) is 31.1 Å². The van der Waals surface area contributed by atoms with Crippen molar-refractivity contribution in [3.63, 3.8) is 0 Å². The van der Waals surface area contributed by atoms with Crippen molar-refractivity contribution in [3.05, 3.63) is 41.9 Å². The lowest BCUT2D eigenvalue weighted by Gasteiger charge is -2.38. The average molecular weight is 489 g/mol. The molecule has 0 aromatic heterocycles. The Morgan fingerprint density at radius 1 is 1.23 bits per heavy atom. The fraction of sp³-hybridized carbons (Fsp3) is 0.600. The second-order valence-corrected chi connectivity index (χ2v) is 9.80. The molecule has 194 valence electrons. The number of hydrogen-bond acceptors (Lipinski definition) is 7. The minimum Gasteiger partial charge on any atom is -0.512 e. The number of benzene rings is 1. The number of primary amides is 1. The number of aliphatic imine (C=N–C) groups is 1. The van der Waals surface area contributed by atoms with E-state index >= 15 is 0 Å². The lowest BCUT2D eigenvalue weighted by Crippen LogP contribution is -2.54. The average Bonchev–Trinajstić information content (AvgIpc) is 3.17. The van der Waals surface area contributed by atoms with Gasteiger partial charge in [0.15, 0.2) is 11.7 Å². The molecule has 5 N–H and O–H groups in total. The van der Waals surface area contributed by atoms with E-state index in [4.69, 9.17) is 15.6 Å². The highest BCUT2D eigenvalue weighted by Gasteiger charge is 2.46. The van der Waals surface area contributed by atoms with Crippen molar-refractivity contribution in [2.45, 2.75) is 65.4 Å². The Bertz CT molecular complexity index is 924. The van der Waals surface area contributed by atoms with Gasteiger partial charge in [0.1, 0.15) is 12.3 Å². The number of nitrogens with two attached hydrogens (primary N) is 1. The van der Waals surface area contributed by atoms with Gasteiger partial charge < -0.3 is 35.9 Å². The normalized spacial score (nSPS) is 23.8. The Labute approximate surface area is 208 Å². The van der Waals surface area contributed by atoms with E-state index in [1.807, 2.05) is 12.1 Å². The predicted molar refractivity (Wildman–Crippen MR) is 137 cm³/mol. The molecule has 2 heterocycles. The summed E-state index contributed by atoms with van der Waals surface area (Å²) in [5.74, 6) is -0.263. The van der Waals surface area contributed by atoms with Gasteiger partial charge in [0, 0.05) is 44.0 Å². The van der Waals surface area contributed by atoms with Crippen LogP contribution in [-0.4, -0.2) is 82.5 Å². The minimum absolute atomic E-state index is 0.130. The lowest BCUT2D eigenvalue weighted by atomic mass is 9.93. The molecule has 0 radical (unpaired) electrons. The molecule has 1 aromatic rings. The molecular formula is C25H40N6O4. The monoisotopic (exact) mass is 488 g/mol. The van der Waals surface area contributed by atoms with Crippen LogP contribution in [0.4, 0.5) is 5.69 Å². The van der Waals surface area contributed by atoms with Crippen molar-refractivity contribution in [2.24, 2.45) is 16.6 Å². The molecule has 1 amide bonds. The molecular weight excluding hydrogens is 448 g/mol. The Morgan fingerprint density at radius 2 is 1.91 bits per heavy atom. The van der Waals surface area contributed by atoms with E-state index < -0.39 is 24.0 Å².